The molecule has 0 bridgehead atoms. The summed E-state index contributed by atoms with van der Waals surface area (Å²) >= 11 is 7.01. The van der Waals surface area contributed by atoms with Crippen LogP contribution in [0.1, 0.15) is 0 Å². The molecule has 0 aliphatic rings. The van der Waals surface area contributed by atoms with E-state index in [0.29, 0.717) is 20.8 Å². The van der Waals surface area contributed by atoms with E-state index in [2.05, 4.69) is 15.3 Å². The highest BCUT2D eigenvalue weighted by atomic mass is 35.5. The van der Waals surface area contributed by atoms with Gasteiger partial charge in [-0.15, -0.1) is 10.2 Å². The van der Waals surface area contributed by atoms with Crippen LogP contribution in [0.5, 0.6) is 0 Å². The summed E-state index contributed by atoms with van der Waals surface area (Å²) in [5, 5.41) is 13.4. The molecule has 0 saturated carbocycles. The molecule has 4 aromatic rings. The predicted molar refractivity (Wildman–Crippen MR) is 84.5 cm³/mol. The number of hydrogen-bond acceptors (Lipinski definition) is 4. The molecule has 0 radical (unpaired) electrons. The van der Waals surface area contributed by atoms with Crippen LogP contribution in [-0.4, -0.2) is 19.8 Å². The molecule has 0 saturated heterocycles. The second-order valence-corrected chi connectivity index (χ2v) is 6.13. The maximum Gasteiger partial charge on any atom is 0.235 e. The van der Waals surface area contributed by atoms with Gasteiger partial charge in [0.05, 0.1) is 5.56 Å². The van der Waals surface area contributed by atoms with Gasteiger partial charge in [-0.2, -0.15) is 9.61 Å². The van der Waals surface area contributed by atoms with E-state index in [9.17, 15) is 8.78 Å². The van der Waals surface area contributed by atoms with Crippen molar-refractivity contribution in [2.24, 2.45) is 0 Å². The number of hydrogen-bond donors (Lipinski definition) is 0. The van der Waals surface area contributed by atoms with E-state index in [1.807, 2.05) is 0 Å². The Labute approximate surface area is 138 Å². The Bertz CT molecular complexity index is 1010. The Kier molecular flexibility index (Phi) is 3.32. The molecule has 2 heterocycles. The molecule has 0 fully saturated rings. The molecule has 0 atom stereocenters. The Morgan fingerprint density at radius 2 is 1.78 bits per heavy atom. The summed E-state index contributed by atoms with van der Waals surface area (Å²) in [7, 11) is 0. The van der Waals surface area contributed by atoms with Crippen LogP contribution in [0.4, 0.5) is 8.78 Å². The normalized spacial score (nSPS) is 11.3. The third-order valence-electron chi connectivity index (χ3n) is 3.28. The first-order chi connectivity index (χ1) is 11.1. The second kappa shape index (κ2) is 5.36. The van der Waals surface area contributed by atoms with Gasteiger partial charge in [0, 0.05) is 10.6 Å². The largest absolute Gasteiger partial charge is 0.235 e. The second-order valence-electron chi connectivity index (χ2n) is 4.73. The molecule has 0 unspecified atom stereocenters. The lowest BCUT2D eigenvalue weighted by molar-refractivity contribution is 0.511. The number of rotatable bonds is 2. The molecule has 0 N–H and O–H groups in total. The minimum absolute atomic E-state index is 0.0996. The topological polar surface area (TPSA) is 43.1 Å². The molecular weight excluding hydrogens is 342 g/mol. The maximum atomic E-state index is 13.9. The number of fused-ring (bicyclic) bond motifs is 1. The van der Waals surface area contributed by atoms with E-state index >= 15 is 0 Å². The van der Waals surface area contributed by atoms with E-state index in [0.717, 1.165) is 23.0 Å². The SMILES string of the molecule is Fc1cccc(-c2nn3c(-c4ccc(Cl)cc4)nnc3s2)c1F. The minimum atomic E-state index is -0.925. The van der Waals surface area contributed by atoms with Crippen LogP contribution in [0.3, 0.4) is 0 Å². The van der Waals surface area contributed by atoms with Crippen molar-refractivity contribution >= 4 is 27.9 Å². The first-order valence-corrected chi connectivity index (χ1v) is 7.75. The number of nitrogens with zero attached hydrogens (tertiary/aromatic N) is 4. The quantitative estimate of drug-likeness (QED) is 0.537. The van der Waals surface area contributed by atoms with Crippen LogP contribution in [0.2, 0.25) is 5.02 Å². The molecule has 0 aliphatic heterocycles. The van der Waals surface area contributed by atoms with Crippen molar-refractivity contribution in [3.05, 3.63) is 59.1 Å². The van der Waals surface area contributed by atoms with Crippen LogP contribution in [-0.2, 0) is 0 Å². The van der Waals surface area contributed by atoms with Crippen LogP contribution < -0.4 is 0 Å². The van der Waals surface area contributed by atoms with Crippen molar-refractivity contribution in [2.45, 2.75) is 0 Å². The van der Waals surface area contributed by atoms with Crippen molar-refractivity contribution in [2.75, 3.05) is 0 Å². The molecule has 2 aromatic heterocycles. The zero-order valence-corrected chi connectivity index (χ0v) is 12.9. The van der Waals surface area contributed by atoms with Crippen molar-refractivity contribution in [1.82, 2.24) is 19.8 Å². The highest BCUT2D eigenvalue weighted by Crippen LogP contribution is 2.30. The minimum Gasteiger partial charge on any atom is -0.204 e. The molecule has 0 spiro atoms. The lowest BCUT2D eigenvalue weighted by atomic mass is 10.2. The van der Waals surface area contributed by atoms with Gasteiger partial charge in [-0.05, 0) is 36.4 Å². The molecule has 8 heteroatoms. The van der Waals surface area contributed by atoms with E-state index < -0.39 is 11.6 Å². The Morgan fingerprint density at radius 1 is 1.00 bits per heavy atom. The number of halogens is 3. The Balaban J connectivity index is 1.86. The Morgan fingerprint density at radius 3 is 2.57 bits per heavy atom. The van der Waals surface area contributed by atoms with Crippen LogP contribution >= 0.6 is 22.9 Å². The van der Waals surface area contributed by atoms with E-state index in [1.165, 1.54) is 16.6 Å². The average Bonchev–Trinajstić information content (AvgIpc) is 3.11. The van der Waals surface area contributed by atoms with Gasteiger partial charge in [0.25, 0.3) is 0 Å². The summed E-state index contributed by atoms with van der Waals surface area (Å²) in [6.45, 7) is 0. The molecule has 0 aliphatic carbocycles. The van der Waals surface area contributed by atoms with Crippen molar-refractivity contribution in [3.63, 3.8) is 0 Å². The fraction of sp³-hybridized carbons (Fsp3) is 0. The molecular formula is C15H7ClF2N4S. The van der Waals surface area contributed by atoms with Crippen molar-refractivity contribution < 1.29 is 8.78 Å². The van der Waals surface area contributed by atoms with Gasteiger partial charge in [-0.25, -0.2) is 8.78 Å². The van der Waals surface area contributed by atoms with E-state index in [1.54, 1.807) is 24.3 Å². The molecule has 2 aromatic carbocycles. The highest BCUT2D eigenvalue weighted by Gasteiger charge is 2.18. The summed E-state index contributed by atoms with van der Waals surface area (Å²) in [5.41, 5.74) is 0.876. The molecule has 0 amide bonds. The monoisotopic (exact) mass is 348 g/mol. The standard InChI is InChI=1S/C15H7ClF2N4S/c16-9-6-4-8(5-7-9)13-19-20-15-22(13)21-14(23-15)10-2-1-3-11(17)12(10)18/h1-7H. The lowest BCUT2D eigenvalue weighted by Gasteiger charge is -1.99. The first-order valence-electron chi connectivity index (χ1n) is 6.56. The summed E-state index contributed by atoms with van der Waals surface area (Å²) in [6, 6.07) is 11.0. The van der Waals surface area contributed by atoms with Gasteiger partial charge < -0.3 is 0 Å². The molecule has 4 rings (SSSR count). The predicted octanol–water partition coefficient (Wildman–Crippen LogP) is 4.45. The van der Waals surface area contributed by atoms with Crippen molar-refractivity contribution in [3.8, 4) is 22.0 Å². The summed E-state index contributed by atoms with van der Waals surface area (Å²) in [5.74, 6) is -1.33. The van der Waals surface area contributed by atoms with E-state index in [4.69, 9.17) is 11.6 Å². The van der Waals surface area contributed by atoms with Gasteiger partial charge >= 0.3 is 0 Å². The fourth-order valence-corrected chi connectivity index (χ4v) is 3.16. The van der Waals surface area contributed by atoms with Gasteiger partial charge in [0.1, 0.15) is 0 Å². The van der Waals surface area contributed by atoms with Crippen LogP contribution in [0, 0.1) is 11.6 Å². The lowest BCUT2D eigenvalue weighted by Crippen LogP contribution is -1.93. The zero-order chi connectivity index (χ0) is 16.0. The van der Waals surface area contributed by atoms with Gasteiger partial charge in [-0.1, -0.05) is 29.0 Å². The first kappa shape index (κ1) is 14.2. The molecule has 114 valence electrons. The van der Waals surface area contributed by atoms with Crippen LogP contribution in [0.15, 0.2) is 42.5 Å². The maximum absolute atomic E-state index is 13.9. The smallest absolute Gasteiger partial charge is 0.204 e. The van der Waals surface area contributed by atoms with Gasteiger partial charge in [0.15, 0.2) is 22.5 Å². The summed E-state index contributed by atoms with van der Waals surface area (Å²) in [6.07, 6.45) is 0. The van der Waals surface area contributed by atoms with Crippen molar-refractivity contribution in [1.29, 1.82) is 0 Å². The fourth-order valence-electron chi connectivity index (χ4n) is 2.17. The highest BCUT2D eigenvalue weighted by molar-refractivity contribution is 7.19. The number of aromatic nitrogens is 4. The zero-order valence-electron chi connectivity index (χ0n) is 11.4. The van der Waals surface area contributed by atoms with Gasteiger partial charge in [0.2, 0.25) is 4.96 Å². The third-order valence-corrected chi connectivity index (χ3v) is 4.46. The third kappa shape index (κ3) is 2.38. The van der Waals surface area contributed by atoms with E-state index in [-0.39, 0.29) is 5.56 Å². The number of benzene rings is 2. The molecule has 4 nitrogen and oxygen atoms in total. The average molecular weight is 349 g/mol. The summed E-state index contributed by atoms with van der Waals surface area (Å²) in [4.78, 5) is 0.494. The van der Waals surface area contributed by atoms with Gasteiger partial charge in [-0.3, -0.25) is 0 Å². The Hall–Kier alpha value is -2.38. The molecule has 23 heavy (non-hydrogen) atoms. The summed E-state index contributed by atoms with van der Waals surface area (Å²) < 4.78 is 28.8. The van der Waals surface area contributed by atoms with Crippen LogP contribution in [0.25, 0.3) is 26.9 Å².